The molecule has 1 amide bonds. The van der Waals surface area contributed by atoms with E-state index in [0.29, 0.717) is 17.4 Å². The molecule has 7 nitrogen and oxygen atoms in total. The van der Waals surface area contributed by atoms with Crippen LogP contribution in [-0.4, -0.2) is 51.3 Å². The van der Waals surface area contributed by atoms with Gasteiger partial charge in [0.15, 0.2) is 11.5 Å². The molecule has 0 aliphatic carbocycles. The number of likely N-dealkylation sites (tertiary alicyclic amines) is 1. The molecule has 0 unspecified atom stereocenters. The second-order valence-corrected chi connectivity index (χ2v) is 7.10. The van der Waals surface area contributed by atoms with Crippen molar-refractivity contribution < 1.29 is 32.4 Å². The van der Waals surface area contributed by atoms with Gasteiger partial charge in [0.25, 0.3) is 5.91 Å². The minimum Gasteiger partial charge on any atom is -0.475 e. The Morgan fingerprint density at radius 2 is 1.72 bits per heavy atom. The van der Waals surface area contributed by atoms with Gasteiger partial charge in [0.2, 0.25) is 0 Å². The lowest BCUT2D eigenvalue weighted by Gasteiger charge is -2.31. The molecule has 1 N–H and O–H groups in total. The smallest absolute Gasteiger partial charge is 0.475 e. The number of hydrogen-bond acceptors (Lipinski definition) is 5. The lowest BCUT2D eigenvalue weighted by Crippen LogP contribution is -2.38. The summed E-state index contributed by atoms with van der Waals surface area (Å²) >= 11 is 0. The van der Waals surface area contributed by atoms with E-state index in [-0.39, 0.29) is 5.91 Å². The number of carbonyl (C=O) groups excluding carboxylic acids is 1. The zero-order valence-corrected chi connectivity index (χ0v) is 16.8. The molecule has 0 bridgehead atoms. The molecule has 1 aliphatic heterocycles. The Hall–Kier alpha value is -3.69. The zero-order valence-electron chi connectivity index (χ0n) is 16.8. The highest BCUT2D eigenvalue weighted by molar-refractivity contribution is 5.93. The Balaban J connectivity index is 0.000000360. The minimum atomic E-state index is -5.08. The molecular formula is C22H20F3N3O4. The van der Waals surface area contributed by atoms with E-state index >= 15 is 0 Å². The van der Waals surface area contributed by atoms with Crippen LogP contribution in [0.2, 0.25) is 0 Å². The van der Waals surface area contributed by atoms with Crippen molar-refractivity contribution in [1.29, 1.82) is 0 Å². The van der Waals surface area contributed by atoms with Gasteiger partial charge >= 0.3 is 12.1 Å². The molecule has 1 aromatic carbocycles. The summed E-state index contributed by atoms with van der Waals surface area (Å²) in [7, 11) is 0. The summed E-state index contributed by atoms with van der Waals surface area (Å²) in [6.45, 7) is 1.49. The number of amides is 1. The van der Waals surface area contributed by atoms with E-state index in [1.807, 2.05) is 23.1 Å². The van der Waals surface area contributed by atoms with Crippen molar-refractivity contribution in [2.75, 3.05) is 13.1 Å². The maximum Gasteiger partial charge on any atom is 0.490 e. The fraction of sp³-hybridized carbons (Fsp3) is 0.273. The number of carboxylic acids is 1. The quantitative estimate of drug-likeness (QED) is 0.640. The van der Waals surface area contributed by atoms with Crippen molar-refractivity contribution in [3.8, 4) is 11.3 Å². The highest BCUT2D eigenvalue weighted by Crippen LogP contribution is 2.29. The first-order valence-electron chi connectivity index (χ1n) is 9.77. The third-order valence-corrected chi connectivity index (χ3v) is 4.97. The molecule has 4 rings (SSSR count). The molecule has 0 radical (unpaired) electrons. The molecule has 1 fully saturated rings. The van der Waals surface area contributed by atoms with Gasteiger partial charge in [0, 0.05) is 37.1 Å². The number of hydrogen-bond donors (Lipinski definition) is 1. The number of halogens is 3. The van der Waals surface area contributed by atoms with Crippen molar-refractivity contribution in [2.24, 2.45) is 0 Å². The lowest BCUT2D eigenvalue weighted by molar-refractivity contribution is -0.192. The number of piperidine rings is 1. The summed E-state index contributed by atoms with van der Waals surface area (Å²) in [5, 5.41) is 11.1. The number of carbonyl (C=O) groups is 2. The van der Waals surface area contributed by atoms with Gasteiger partial charge in [-0.25, -0.2) is 4.79 Å². The molecule has 32 heavy (non-hydrogen) atoms. The summed E-state index contributed by atoms with van der Waals surface area (Å²) in [5.74, 6) is -1.73. The molecule has 1 saturated heterocycles. The molecule has 1 aliphatic rings. The van der Waals surface area contributed by atoms with Crippen LogP contribution in [0.1, 0.15) is 34.8 Å². The van der Waals surface area contributed by atoms with Crippen LogP contribution >= 0.6 is 0 Å². The standard InChI is InChI=1S/C20H19N3O2.C2HF3O2/c24-20(18-13-19(25-22-18)17-7-4-10-21-14-17)23-11-8-16(9-12-23)15-5-2-1-3-6-15;3-2(4,5)1(6)7/h1-7,10,13-14,16H,8-9,11-12H2;(H,6,7). The van der Waals surface area contributed by atoms with Gasteiger partial charge < -0.3 is 14.5 Å². The van der Waals surface area contributed by atoms with Gasteiger partial charge in [-0.3, -0.25) is 9.78 Å². The van der Waals surface area contributed by atoms with Crippen molar-refractivity contribution in [3.05, 3.63) is 72.2 Å². The van der Waals surface area contributed by atoms with Crippen molar-refractivity contribution in [2.45, 2.75) is 24.9 Å². The van der Waals surface area contributed by atoms with E-state index in [1.165, 1.54) is 5.56 Å². The number of nitrogens with zero attached hydrogens (tertiary/aromatic N) is 3. The maximum absolute atomic E-state index is 12.7. The summed E-state index contributed by atoms with van der Waals surface area (Å²) in [6.07, 6.45) is 0.259. The Morgan fingerprint density at radius 1 is 1.06 bits per heavy atom. The Morgan fingerprint density at radius 3 is 2.28 bits per heavy atom. The number of aromatic nitrogens is 2. The Bertz CT molecular complexity index is 1030. The number of alkyl halides is 3. The zero-order chi connectivity index (χ0) is 23.1. The maximum atomic E-state index is 12.7. The topological polar surface area (TPSA) is 96.5 Å². The van der Waals surface area contributed by atoms with Gasteiger partial charge in [-0.05, 0) is 36.5 Å². The van der Waals surface area contributed by atoms with E-state index in [0.717, 1.165) is 31.5 Å². The summed E-state index contributed by atoms with van der Waals surface area (Å²) in [4.78, 5) is 27.5. The van der Waals surface area contributed by atoms with Gasteiger partial charge in [0.05, 0.1) is 0 Å². The van der Waals surface area contributed by atoms with Crippen molar-refractivity contribution >= 4 is 11.9 Å². The predicted molar refractivity (Wildman–Crippen MR) is 108 cm³/mol. The van der Waals surface area contributed by atoms with Crippen molar-refractivity contribution in [3.63, 3.8) is 0 Å². The first kappa shape index (κ1) is 23.0. The SMILES string of the molecule is O=C(O)C(F)(F)F.O=C(c1cc(-c2cccnc2)on1)N1CCC(c2ccccc2)CC1. The third-order valence-electron chi connectivity index (χ3n) is 4.97. The van der Waals surface area contributed by atoms with Gasteiger partial charge in [-0.2, -0.15) is 13.2 Å². The number of aliphatic carboxylic acids is 1. The molecule has 0 atom stereocenters. The largest absolute Gasteiger partial charge is 0.490 e. The molecule has 0 spiro atoms. The van der Waals surface area contributed by atoms with Crippen LogP contribution in [0.25, 0.3) is 11.3 Å². The highest BCUT2D eigenvalue weighted by Gasteiger charge is 2.38. The Labute approximate surface area is 181 Å². The predicted octanol–water partition coefficient (Wildman–Crippen LogP) is 4.39. The molecule has 0 saturated carbocycles. The van der Waals surface area contributed by atoms with Crippen LogP contribution in [0, 0.1) is 0 Å². The van der Waals surface area contributed by atoms with E-state index in [2.05, 4.69) is 34.4 Å². The average Bonchev–Trinajstić information content (AvgIpc) is 3.30. The van der Waals surface area contributed by atoms with E-state index in [1.54, 1.807) is 18.5 Å². The number of carboxylic acid groups (broad SMARTS) is 1. The second kappa shape index (κ2) is 10.1. The highest BCUT2D eigenvalue weighted by atomic mass is 19.4. The van der Waals surface area contributed by atoms with Gasteiger partial charge in [0.1, 0.15) is 0 Å². The number of rotatable bonds is 3. The third kappa shape index (κ3) is 5.93. The van der Waals surface area contributed by atoms with Crippen LogP contribution < -0.4 is 0 Å². The lowest BCUT2D eigenvalue weighted by atomic mass is 9.89. The van der Waals surface area contributed by atoms with Crippen LogP contribution in [-0.2, 0) is 4.79 Å². The summed E-state index contributed by atoms with van der Waals surface area (Å²) in [5.41, 5.74) is 2.53. The molecule has 3 aromatic rings. The summed E-state index contributed by atoms with van der Waals surface area (Å²) in [6, 6.07) is 15.9. The van der Waals surface area contributed by atoms with E-state index < -0.39 is 12.1 Å². The summed E-state index contributed by atoms with van der Waals surface area (Å²) < 4.78 is 37.1. The first-order valence-corrected chi connectivity index (χ1v) is 9.77. The Kier molecular flexibility index (Phi) is 7.24. The number of benzene rings is 1. The molecule has 168 valence electrons. The average molecular weight is 447 g/mol. The normalized spacial score (nSPS) is 14.4. The molecule has 2 aromatic heterocycles. The molecular weight excluding hydrogens is 427 g/mol. The second-order valence-electron chi connectivity index (χ2n) is 7.10. The van der Waals surface area contributed by atoms with Gasteiger partial charge in [-0.1, -0.05) is 35.5 Å². The van der Waals surface area contributed by atoms with Crippen LogP contribution in [0.15, 0.2) is 65.4 Å². The number of pyridine rings is 1. The van der Waals surface area contributed by atoms with Crippen LogP contribution in [0.4, 0.5) is 13.2 Å². The van der Waals surface area contributed by atoms with Gasteiger partial charge in [-0.15, -0.1) is 0 Å². The van der Waals surface area contributed by atoms with Crippen LogP contribution in [0.3, 0.4) is 0 Å². The minimum absolute atomic E-state index is 0.0644. The van der Waals surface area contributed by atoms with E-state index in [4.69, 9.17) is 14.4 Å². The molecule has 3 heterocycles. The fourth-order valence-corrected chi connectivity index (χ4v) is 3.32. The van der Waals surface area contributed by atoms with Crippen LogP contribution in [0.5, 0.6) is 0 Å². The van der Waals surface area contributed by atoms with E-state index in [9.17, 15) is 18.0 Å². The van der Waals surface area contributed by atoms with Crippen molar-refractivity contribution in [1.82, 2.24) is 15.0 Å². The fourth-order valence-electron chi connectivity index (χ4n) is 3.32. The first-order chi connectivity index (χ1) is 15.3. The molecule has 10 heteroatoms. The monoisotopic (exact) mass is 447 g/mol.